The van der Waals surface area contributed by atoms with Crippen molar-refractivity contribution >= 4 is 23.6 Å². The number of nitrogens with zero attached hydrogens (tertiary/aromatic N) is 2. The van der Waals surface area contributed by atoms with Crippen LogP contribution in [0.3, 0.4) is 0 Å². The summed E-state index contributed by atoms with van der Waals surface area (Å²) in [6, 6.07) is 6.71. The number of rotatable bonds is 9. The molecule has 1 aromatic rings. The summed E-state index contributed by atoms with van der Waals surface area (Å²) in [7, 11) is 0. The van der Waals surface area contributed by atoms with Gasteiger partial charge in [0.25, 0.3) is 23.6 Å². The van der Waals surface area contributed by atoms with Crippen molar-refractivity contribution in [3.8, 4) is 0 Å². The molecule has 4 amide bonds. The fraction of sp³-hybridized carbons (Fsp3) is 0.333. The average Bonchev–Trinajstić information content (AvgIpc) is 3.09. The van der Waals surface area contributed by atoms with E-state index in [9.17, 15) is 19.2 Å². The molecule has 3 rings (SSSR count). The molecule has 8 nitrogen and oxygen atoms in total. The van der Waals surface area contributed by atoms with Crippen LogP contribution in [0.2, 0.25) is 0 Å². The first kappa shape index (κ1) is 18.0. The highest BCUT2D eigenvalue weighted by molar-refractivity contribution is 6.21. The summed E-state index contributed by atoms with van der Waals surface area (Å²) in [5.41, 5.74) is 0.836. The standard InChI is InChI=1S/C18H18N2O6/c21-15-5-6-16(22)19(15)7-9-25-11-12-26-10-8-20-17(23)13-3-1-2-4-14(13)18(20)24/h1-6H,7-12H2. The Balaban J connectivity index is 1.29. The molecule has 0 saturated heterocycles. The lowest BCUT2D eigenvalue weighted by Gasteiger charge is -2.15. The minimum Gasteiger partial charge on any atom is -0.377 e. The van der Waals surface area contributed by atoms with Crippen molar-refractivity contribution in [3.05, 3.63) is 47.5 Å². The molecule has 2 heterocycles. The van der Waals surface area contributed by atoms with E-state index in [-0.39, 0.29) is 63.1 Å². The molecule has 136 valence electrons. The highest BCUT2D eigenvalue weighted by atomic mass is 16.5. The van der Waals surface area contributed by atoms with Crippen LogP contribution in [-0.4, -0.2) is 72.9 Å². The molecule has 0 N–H and O–H groups in total. The van der Waals surface area contributed by atoms with Crippen molar-refractivity contribution in [1.29, 1.82) is 0 Å². The first-order valence-corrected chi connectivity index (χ1v) is 8.24. The van der Waals surface area contributed by atoms with Gasteiger partial charge < -0.3 is 9.47 Å². The summed E-state index contributed by atoms with van der Waals surface area (Å²) < 4.78 is 10.7. The molecular formula is C18H18N2O6. The van der Waals surface area contributed by atoms with Gasteiger partial charge in [0.2, 0.25) is 0 Å². The maximum absolute atomic E-state index is 12.2. The van der Waals surface area contributed by atoms with Gasteiger partial charge in [0, 0.05) is 12.2 Å². The molecule has 0 unspecified atom stereocenters. The van der Waals surface area contributed by atoms with Crippen molar-refractivity contribution in [3.63, 3.8) is 0 Å². The fourth-order valence-electron chi connectivity index (χ4n) is 2.73. The second-order valence-electron chi connectivity index (χ2n) is 5.69. The fourth-order valence-corrected chi connectivity index (χ4v) is 2.73. The molecule has 0 aromatic heterocycles. The quantitative estimate of drug-likeness (QED) is 0.464. The van der Waals surface area contributed by atoms with Gasteiger partial charge in [-0.3, -0.25) is 29.0 Å². The molecular weight excluding hydrogens is 340 g/mol. The maximum Gasteiger partial charge on any atom is 0.261 e. The van der Waals surface area contributed by atoms with E-state index in [4.69, 9.17) is 9.47 Å². The van der Waals surface area contributed by atoms with Crippen LogP contribution in [0.15, 0.2) is 36.4 Å². The molecule has 0 saturated carbocycles. The summed E-state index contributed by atoms with van der Waals surface area (Å²) >= 11 is 0. The van der Waals surface area contributed by atoms with Gasteiger partial charge in [-0.1, -0.05) is 12.1 Å². The van der Waals surface area contributed by atoms with Crippen molar-refractivity contribution in [2.24, 2.45) is 0 Å². The van der Waals surface area contributed by atoms with E-state index in [0.29, 0.717) is 11.1 Å². The number of ether oxygens (including phenoxy) is 2. The first-order chi connectivity index (χ1) is 12.6. The van der Waals surface area contributed by atoms with Crippen LogP contribution in [0.4, 0.5) is 0 Å². The lowest BCUT2D eigenvalue weighted by atomic mass is 10.1. The maximum atomic E-state index is 12.2. The Morgan fingerprint density at radius 3 is 1.62 bits per heavy atom. The van der Waals surface area contributed by atoms with Crippen molar-refractivity contribution in [2.45, 2.75) is 0 Å². The SMILES string of the molecule is O=C1C=CC(=O)N1CCOCCOCCN1C(=O)c2ccccc2C1=O. The van der Waals surface area contributed by atoms with Gasteiger partial charge >= 0.3 is 0 Å². The van der Waals surface area contributed by atoms with E-state index in [1.807, 2.05) is 0 Å². The van der Waals surface area contributed by atoms with Crippen LogP contribution >= 0.6 is 0 Å². The highest BCUT2D eigenvalue weighted by Gasteiger charge is 2.34. The minimum atomic E-state index is -0.337. The van der Waals surface area contributed by atoms with Crippen LogP contribution in [0.25, 0.3) is 0 Å². The lowest BCUT2D eigenvalue weighted by molar-refractivity contribution is -0.137. The third-order valence-electron chi connectivity index (χ3n) is 4.07. The Hall–Kier alpha value is -2.84. The van der Waals surface area contributed by atoms with Gasteiger partial charge in [0.15, 0.2) is 0 Å². The molecule has 0 atom stereocenters. The first-order valence-electron chi connectivity index (χ1n) is 8.24. The number of carbonyl (C=O) groups is 4. The van der Waals surface area contributed by atoms with Gasteiger partial charge in [0.05, 0.1) is 50.6 Å². The molecule has 0 fully saturated rings. The molecule has 2 aliphatic rings. The van der Waals surface area contributed by atoms with E-state index in [2.05, 4.69) is 0 Å². The van der Waals surface area contributed by atoms with E-state index >= 15 is 0 Å². The zero-order chi connectivity index (χ0) is 18.5. The number of fused-ring (bicyclic) bond motifs is 1. The van der Waals surface area contributed by atoms with Crippen molar-refractivity contribution in [2.75, 3.05) is 39.5 Å². The van der Waals surface area contributed by atoms with Crippen molar-refractivity contribution < 1.29 is 28.7 Å². The van der Waals surface area contributed by atoms with Gasteiger partial charge in [-0.25, -0.2) is 0 Å². The van der Waals surface area contributed by atoms with Crippen LogP contribution in [0.1, 0.15) is 20.7 Å². The van der Waals surface area contributed by atoms with Crippen LogP contribution in [0.5, 0.6) is 0 Å². The summed E-state index contributed by atoms with van der Waals surface area (Å²) in [6.45, 7) is 1.37. The number of amides is 4. The van der Waals surface area contributed by atoms with E-state index in [0.717, 1.165) is 4.90 Å². The Bertz CT molecular complexity index is 720. The number of hydrogen-bond donors (Lipinski definition) is 0. The molecule has 1 aromatic carbocycles. The summed E-state index contributed by atoms with van der Waals surface area (Å²) in [6.07, 6.45) is 2.45. The van der Waals surface area contributed by atoms with Crippen LogP contribution in [0, 0.1) is 0 Å². The second kappa shape index (κ2) is 8.03. The molecule has 0 radical (unpaired) electrons. The Kier molecular flexibility index (Phi) is 5.55. The summed E-state index contributed by atoms with van der Waals surface area (Å²) in [5, 5.41) is 0. The second-order valence-corrected chi connectivity index (χ2v) is 5.69. The predicted octanol–water partition coefficient (Wildman–Crippen LogP) is 0.241. The zero-order valence-corrected chi connectivity index (χ0v) is 14.1. The molecule has 2 aliphatic heterocycles. The Morgan fingerprint density at radius 1 is 0.654 bits per heavy atom. The monoisotopic (exact) mass is 358 g/mol. The molecule has 0 aliphatic carbocycles. The molecule has 0 spiro atoms. The van der Waals surface area contributed by atoms with Gasteiger partial charge in [-0.2, -0.15) is 0 Å². The summed E-state index contributed by atoms with van der Waals surface area (Å²) in [4.78, 5) is 49.2. The average molecular weight is 358 g/mol. The molecule has 26 heavy (non-hydrogen) atoms. The van der Waals surface area contributed by atoms with Crippen molar-refractivity contribution in [1.82, 2.24) is 9.80 Å². The van der Waals surface area contributed by atoms with Gasteiger partial charge in [-0.15, -0.1) is 0 Å². The smallest absolute Gasteiger partial charge is 0.261 e. The van der Waals surface area contributed by atoms with Crippen LogP contribution < -0.4 is 0 Å². The largest absolute Gasteiger partial charge is 0.377 e. The predicted molar refractivity (Wildman–Crippen MR) is 89.3 cm³/mol. The Morgan fingerprint density at radius 2 is 1.12 bits per heavy atom. The van der Waals surface area contributed by atoms with Gasteiger partial charge in [-0.05, 0) is 12.1 Å². The third-order valence-corrected chi connectivity index (χ3v) is 4.07. The lowest BCUT2D eigenvalue weighted by Crippen LogP contribution is -2.34. The van der Waals surface area contributed by atoms with Gasteiger partial charge in [0.1, 0.15) is 0 Å². The topological polar surface area (TPSA) is 93.2 Å². The van der Waals surface area contributed by atoms with E-state index in [1.54, 1.807) is 24.3 Å². The van der Waals surface area contributed by atoms with E-state index in [1.165, 1.54) is 17.1 Å². The zero-order valence-electron chi connectivity index (χ0n) is 14.1. The molecule has 0 bridgehead atoms. The number of hydrogen-bond acceptors (Lipinski definition) is 6. The van der Waals surface area contributed by atoms with Crippen LogP contribution in [-0.2, 0) is 19.1 Å². The normalized spacial score (nSPS) is 16.2. The molecule has 8 heteroatoms. The Labute approximate surface area is 150 Å². The summed E-state index contributed by atoms with van der Waals surface area (Å²) in [5.74, 6) is -1.29. The van der Waals surface area contributed by atoms with E-state index < -0.39 is 0 Å². The number of benzene rings is 1. The number of imide groups is 2. The highest BCUT2D eigenvalue weighted by Crippen LogP contribution is 2.21. The third kappa shape index (κ3) is 3.71. The number of carbonyl (C=O) groups excluding carboxylic acids is 4. The minimum absolute atomic E-state index is 0.175.